The largest absolute Gasteiger partial charge is 0.496 e. The van der Waals surface area contributed by atoms with Gasteiger partial charge in [-0.05, 0) is 37.0 Å². The summed E-state index contributed by atoms with van der Waals surface area (Å²) in [6, 6.07) is 15.0. The van der Waals surface area contributed by atoms with E-state index in [0.29, 0.717) is 29.9 Å². The highest BCUT2D eigenvalue weighted by atomic mass is 16.6. The Balaban J connectivity index is 1.56. The summed E-state index contributed by atoms with van der Waals surface area (Å²) >= 11 is 0. The van der Waals surface area contributed by atoms with Crippen molar-refractivity contribution in [3.8, 4) is 11.5 Å². The van der Waals surface area contributed by atoms with Crippen LogP contribution in [-0.2, 0) is 16.9 Å². The van der Waals surface area contributed by atoms with Crippen LogP contribution in [0.4, 0.5) is 4.79 Å². The lowest BCUT2D eigenvalue weighted by atomic mass is 9.72. The molecule has 6 heteroatoms. The molecule has 2 fully saturated rings. The number of hydrogen-bond donors (Lipinski definition) is 1. The number of rotatable bonds is 5. The zero-order valence-corrected chi connectivity index (χ0v) is 17.5. The van der Waals surface area contributed by atoms with E-state index in [-0.39, 0.29) is 24.8 Å². The van der Waals surface area contributed by atoms with Crippen LogP contribution in [0.2, 0.25) is 0 Å². The Kier molecular flexibility index (Phi) is 5.86. The van der Waals surface area contributed by atoms with E-state index < -0.39 is 5.60 Å². The van der Waals surface area contributed by atoms with E-state index in [4.69, 9.17) is 14.2 Å². The molecule has 0 aliphatic carbocycles. The number of piperidine rings is 2. The minimum atomic E-state index is -1.12. The molecule has 160 valence electrons. The van der Waals surface area contributed by atoms with Crippen molar-refractivity contribution >= 4 is 6.09 Å². The normalized spacial score (nSPS) is 25.5. The van der Waals surface area contributed by atoms with Crippen LogP contribution in [0.3, 0.4) is 0 Å². The number of carbonyl (C=O) groups excluding carboxylic acids is 1. The van der Waals surface area contributed by atoms with Gasteiger partial charge in [-0.1, -0.05) is 36.4 Å². The minimum absolute atomic E-state index is 0.0830. The summed E-state index contributed by atoms with van der Waals surface area (Å²) in [7, 11) is 3.19. The molecule has 4 rings (SSSR count). The van der Waals surface area contributed by atoms with Crippen molar-refractivity contribution in [2.24, 2.45) is 0 Å². The van der Waals surface area contributed by atoms with Crippen LogP contribution < -0.4 is 9.47 Å². The molecule has 0 spiro atoms. The number of benzene rings is 2. The molecule has 2 aliphatic rings. The minimum Gasteiger partial charge on any atom is -0.496 e. The maximum absolute atomic E-state index is 13.0. The maximum atomic E-state index is 13.0. The highest BCUT2D eigenvalue weighted by molar-refractivity contribution is 5.69. The van der Waals surface area contributed by atoms with E-state index in [2.05, 4.69) is 0 Å². The Labute approximate surface area is 177 Å². The monoisotopic (exact) mass is 411 g/mol. The molecule has 2 heterocycles. The smallest absolute Gasteiger partial charge is 0.410 e. The first-order chi connectivity index (χ1) is 14.6. The third kappa shape index (κ3) is 3.84. The summed E-state index contributed by atoms with van der Waals surface area (Å²) in [5, 5.41) is 11.7. The van der Waals surface area contributed by atoms with Crippen LogP contribution in [0, 0.1) is 0 Å². The van der Waals surface area contributed by atoms with Gasteiger partial charge in [0.1, 0.15) is 23.7 Å². The molecule has 30 heavy (non-hydrogen) atoms. The van der Waals surface area contributed by atoms with Gasteiger partial charge >= 0.3 is 6.09 Å². The molecule has 0 saturated carbocycles. The number of fused-ring (bicyclic) bond motifs is 2. The lowest BCUT2D eigenvalue weighted by Gasteiger charge is -2.51. The molecule has 2 aliphatic heterocycles. The molecular formula is C24H29NO5. The van der Waals surface area contributed by atoms with Crippen molar-refractivity contribution in [2.75, 3.05) is 14.2 Å². The Morgan fingerprint density at radius 3 is 2.17 bits per heavy atom. The van der Waals surface area contributed by atoms with Crippen LogP contribution in [0.1, 0.15) is 43.2 Å². The Hall–Kier alpha value is -2.73. The van der Waals surface area contributed by atoms with Crippen molar-refractivity contribution in [3.05, 3.63) is 59.7 Å². The van der Waals surface area contributed by atoms with Gasteiger partial charge in [0, 0.05) is 24.9 Å². The lowest BCUT2D eigenvalue weighted by Crippen LogP contribution is -2.59. The summed E-state index contributed by atoms with van der Waals surface area (Å²) in [6.45, 7) is 0.250. The second-order valence-corrected chi connectivity index (χ2v) is 8.16. The van der Waals surface area contributed by atoms with Crippen LogP contribution in [0.25, 0.3) is 0 Å². The molecule has 2 aromatic rings. The van der Waals surface area contributed by atoms with Crippen LogP contribution in [0.15, 0.2) is 48.5 Å². The van der Waals surface area contributed by atoms with Crippen LogP contribution in [0.5, 0.6) is 11.5 Å². The summed E-state index contributed by atoms with van der Waals surface area (Å²) < 4.78 is 16.7. The molecule has 1 N–H and O–H groups in total. The van der Waals surface area contributed by atoms with E-state index in [9.17, 15) is 9.90 Å². The van der Waals surface area contributed by atoms with Crippen molar-refractivity contribution in [1.82, 2.24) is 4.90 Å². The van der Waals surface area contributed by atoms with Crippen molar-refractivity contribution in [3.63, 3.8) is 0 Å². The van der Waals surface area contributed by atoms with Gasteiger partial charge < -0.3 is 24.2 Å². The van der Waals surface area contributed by atoms with Gasteiger partial charge in [0.05, 0.1) is 19.8 Å². The zero-order valence-electron chi connectivity index (χ0n) is 17.5. The van der Waals surface area contributed by atoms with E-state index in [1.54, 1.807) is 14.2 Å². The quantitative estimate of drug-likeness (QED) is 0.797. The van der Waals surface area contributed by atoms with Crippen LogP contribution >= 0.6 is 0 Å². The van der Waals surface area contributed by atoms with E-state index in [1.807, 2.05) is 53.4 Å². The fourth-order valence-electron chi connectivity index (χ4n) is 5.04. The standard InChI is InChI=1S/C24H29NO5/c1-28-20-12-7-13-21(29-2)22(20)24(27)14-18-10-6-11-19(15-24)25(18)23(26)30-16-17-8-4-3-5-9-17/h3-5,7-9,12-13,18-19,27H,6,10-11,14-16H2,1-2H3. The van der Waals surface area contributed by atoms with Gasteiger partial charge in [-0.15, -0.1) is 0 Å². The zero-order chi connectivity index (χ0) is 21.1. The fraction of sp³-hybridized carbons (Fsp3) is 0.458. The van der Waals surface area contributed by atoms with Crippen molar-refractivity contribution < 1.29 is 24.1 Å². The molecule has 1 amide bonds. The second-order valence-electron chi connectivity index (χ2n) is 8.16. The number of amides is 1. The third-order valence-corrected chi connectivity index (χ3v) is 6.32. The average Bonchev–Trinajstić information content (AvgIpc) is 2.77. The molecular weight excluding hydrogens is 382 g/mol. The summed E-state index contributed by atoms with van der Waals surface area (Å²) in [4.78, 5) is 14.8. The molecule has 2 atom stereocenters. The number of ether oxygens (including phenoxy) is 3. The topological polar surface area (TPSA) is 68.2 Å². The van der Waals surface area contributed by atoms with Gasteiger partial charge in [-0.3, -0.25) is 0 Å². The molecule has 0 radical (unpaired) electrons. The number of carbonyl (C=O) groups is 1. The Bertz CT molecular complexity index is 848. The predicted octanol–water partition coefficient (Wildman–Crippen LogP) is 4.25. The van der Waals surface area contributed by atoms with E-state index in [1.165, 1.54) is 0 Å². The highest BCUT2D eigenvalue weighted by Gasteiger charge is 2.50. The summed E-state index contributed by atoms with van der Waals surface area (Å²) in [5.74, 6) is 1.21. The van der Waals surface area contributed by atoms with Gasteiger partial charge in [0.25, 0.3) is 0 Å². The van der Waals surface area contributed by atoms with Gasteiger partial charge in [0.15, 0.2) is 0 Å². The summed E-state index contributed by atoms with van der Waals surface area (Å²) in [6.07, 6.45) is 3.29. The first-order valence-corrected chi connectivity index (χ1v) is 10.5. The van der Waals surface area contributed by atoms with Crippen LogP contribution in [-0.4, -0.2) is 42.4 Å². The van der Waals surface area contributed by atoms with Gasteiger partial charge in [0.2, 0.25) is 0 Å². The highest BCUT2D eigenvalue weighted by Crippen LogP contribution is 2.49. The van der Waals surface area contributed by atoms with Crippen molar-refractivity contribution in [1.29, 1.82) is 0 Å². The van der Waals surface area contributed by atoms with Gasteiger partial charge in [-0.25, -0.2) is 4.79 Å². The number of hydrogen-bond acceptors (Lipinski definition) is 5. The average molecular weight is 411 g/mol. The third-order valence-electron chi connectivity index (χ3n) is 6.32. The first-order valence-electron chi connectivity index (χ1n) is 10.5. The van der Waals surface area contributed by atoms with Gasteiger partial charge in [-0.2, -0.15) is 0 Å². The number of aliphatic hydroxyl groups is 1. The number of methoxy groups -OCH3 is 2. The predicted molar refractivity (Wildman–Crippen MR) is 113 cm³/mol. The molecule has 0 aromatic heterocycles. The fourth-order valence-corrected chi connectivity index (χ4v) is 5.04. The lowest BCUT2D eigenvalue weighted by molar-refractivity contribution is -0.0912. The van der Waals surface area contributed by atoms with E-state index >= 15 is 0 Å². The maximum Gasteiger partial charge on any atom is 0.410 e. The number of nitrogens with zero attached hydrogens (tertiary/aromatic N) is 1. The molecule has 2 bridgehead atoms. The van der Waals surface area contributed by atoms with Crippen molar-refractivity contribution in [2.45, 2.75) is 56.4 Å². The Morgan fingerprint density at radius 1 is 1.00 bits per heavy atom. The first kappa shape index (κ1) is 20.5. The summed E-state index contributed by atoms with van der Waals surface area (Å²) in [5.41, 5.74) is 0.511. The molecule has 2 aromatic carbocycles. The van der Waals surface area contributed by atoms with E-state index in [0.717, 1.165) is 24.8 Å². The SMILES string of the molecule is COc1cccc(OC)c1C1(O)CC2CCCC(C1)N2C(=O)OCc1ccccc1. The molecule has 2 unspecified atom stereocenters. The second kappa shape index (κ2) is 8.56. The molecule has 2 saturated heterocycles. The Morgan fingerprint density at radius 2 is 1.60 bits per heavy atom. The molecule has 6 nitrogen and oxygen atoms in total.